The molecule has 5 heteroatoms. The smallest absolute Gasteiger partial charge is 0.155 e. The van der Waals surface area contributed by atoms with Crippen molar-refractivity contribution in [1.29, 1.82) is 0 Å². The van der Waals surface area contributed by atoms with E-state index in [1.54, 1.807) is 6.20 Å². The first kappa shape index (κ1) is 11.8. The van der Waals surface area contributed by atoms with E-state index in [1.165, 1.54) is 0 Å². The predicted octanol–water partition coefficient (Wildman–Crippen LogP) is 1.85. The Hall–Kier alpha value is -1.23. The summed E-state index contributed by atoms with van der Waals surface area (Å²) < 4.78 is 0. The normalized spacial score (nSPS) is 20.7. The number of β-amino-alcohol motifs (C(OH)–C–C–N with tert-alkyl or cyclic N) is 1. The molecule has 1 N–H and O–H groups in total. The summed E-state index contributed by atoms with van der Waals surface area (Å²) in [6, 6.07) is 4.00. The maximum absolute atomic E-state index is 9.50. The largest absolute Gasteiger partial charge is 0.392 e. The summed E-state index contributed by atoms with van der Waals surface area (Å²) in [7, 11) is 0. The molecular formula is C13H14ClN3O. The van der Waals surface area contributed by atoms with E-state index in [2.05, 4.69) is 20.9 Å². The highest BCUT2D eigenvalue weighted by Gasteiger charge is 2.20. The lowest BCUT2D eigenvalue weighted by Crippen LogP contribution is -2.21. The summed E-state index contributed by atoms with van der Waals surface area (Å²) in [5.41, 5.74) is 1.88. The van der Waals surface area contributed by atoms with Crippen LogP contribution in [0, 0.1) is 0 Å². The second-order valence-electron chi connectivity index (χ2n) is 4.69. The third-order valence-corrected chi connectivity index (χ3v) is 3.54. The van der Waals surface area contributed by atoms with Gasteiger partial charge in [0, 0.05) is 37.4 Å². The average Bonchev–Trinajstić information content (AvgIpc) is 2.75. The number of aliphatic hydroxyl groups is 1. The third kappa shape index (κ3) is 2.32. The molecule has 0 amide bonds. The highest BCUT2D eigenvalue weighted by Crippen LogP contribution is 2.21. The van der Waals surface area contributed by atoms with Crippen LogP contribution in [0.15, 0.2) is 24.5 Å². The summed E-state index contributed by atoms with van der Waals surface area (Å²) in [5, 5.41) is 10.9. The predicted molar refractivity (Wildman–Crippen MR) is 70.4 cm³/mol. The summed E-state index contributed by atoms with van der Waals surface area (Å²) in [4.78, 5) is 10.6. The van der Waals surface area contributed by atoms with Gasteiger partial charge in [0.25, 0.3) is 0 Å². The number of hydrogen-bond acceptors (Lipinski definition) is 4. The first-order chi connectivity index (χ1) is 8.72. The molecule has 3 rings (SSSR count). The fraction of sp³-hybridized carbons (Fsp3) is 0.385. The number of aliphatic hydroxyl groups excluding tert-OH is 1. The fourth-order valence-corrected chi connectivity index (χ4v) is 2.59. The maximum atomic E-state index is 9.50. The Bertz CT molecular complexity index is 575. The number of hydrogen-bond donors (Lipinski definition) is 1. The summed E-state index contributed by atoms with van der Waals surface area (Å²) in [5.74, 6) is 0. The fourth-order valence-electron chi connectivity index (χ4n) is 2.37. The number of halogens is 1. The van der Waals surface area contributed by atoms with Crippen molar-refractivity contribution >= 4 is 22.5 Å². The molecule has 0 radical (unpaired) electrons. The molecule has 18 heavy (non-hydrogen) atoms. The van der Waals surface area contributed by atoms with Gasteiger partial charge in [0.15, 0.2) is 5.15 Å². The zero-order valence-corrected chi connectivity index (χ0v) is 10.6. The van der Waals surface area contributed by atoms with Gasteiger partial charge in [-0.1, -0.05) is 11.6 Å². The Labute approximate surface area is 110 Å². The van der Waals surface area contributed by atoms with Gasteiger partial charge in [-0.2, -0.15) is 0 Å². The molecule has 1 fully saturated rings. The molecule has 4 nitrogen and oxygen atoms in total. The molecule has 0 spiro atoms. The molecule has 2 aromatic rings. The molecule has 94 valence electrons. The van der Waals surface area contributed by atoms with E-state index in [1.807, 2.05) is 12.3 Å². The number of nitrogens with zero attached hydrogens (tertiary/aromatic N) is 3. The minimum atomic E-state index is -0.183. The first-order valence-electron chi connectivity index (χ1n) is 6.02. The van der Waals surface area contributed by atoms with E-state index in [-0.39, 0.29) is 6.10 Å². The Kier molecular flexibility index (Phi) is 3.16. The van der Waals surface area contributed by atoms with Crippen LogP contribution in [0.1, 0.15) is 12.0 Å². The van der Waals surface area contributed by atoms with Gasteiger partial charge in [-0.15, -0.1) is 0 Å². The van der Waals surface area contributed by atoms with E-state index in [0.29, 0.717) is 5.15 Å². The van der Waals surface area contributed by atoms with Gasteiger partial charge in [0.05, 0.1) is 6.10 Å². The molecule has 0 bridgehead atoms. The monoisotopic (exact) mass is 263 g/mol. The van der Waals surface area contributed by atoms with Crippen molar-refractivity contribution < 1.29 is 5.11 Å². The van der Waals surface area contributed by atoms with Crippen molar-refractivity contribution in [2.24, 2.45) is 0 Å². The zero-order chi connectivity index (χ0) is 12.5. The molecule has 2 aromatic heterocycles. The van der Waals surface area contributed by atoms with Crippen molar-refractivity contribution in [3.05, 3.63) is 35.2 Å². The van der Waals surface area contributed by atoms with Crippen LogP contribution >= 0.6 is 11.6 Å². The van der Waals surface area contributed by atoms with Crippen LogP contribution in [0.5, 0.6) is 0 Å². The van der Waals surface area contributed by atoms with E-state index in [4.69, 9.17) is 11.6 Å². The SMILES string of the molecule is O[C@@H]1CCN(Cc2cnc3c(Cl)nccc3c2)C1. The molecule has 1 aliphatic rings. The molecule has 0 aromatic carbocycles. The molecule has 0 saturated carbocycles. The van der Waals surface area contributed by atoms with Crippen LogP contribution in [0.2, 0.25) is 5.15 Å². The van der Waals surface area contributed by atoms with Crippen molar-refractivity contribution in [3.8, 4) is 0 Å². The number of likely N-dealkylation sites (tertiary alicyclic amines) is 1. The zero-order valence-electron chi connectivity index (χ0n) is 9.88. The third-order valence-electron chi connectivity index (χ3n) is 3.26. The van der Waals surface area contributed by atoms with Gasteiger partial charge in [-0.25, -0.2) is 4.98 Å². The van der Waals surface area contributed by atoms with Gasteiger partial charge in [-0.05, 0) is 24.1 Å². The topological polar surface area (TPSA) is 49.2 Å². The lowest BCUT2D eigenvalue weighted by molar-refractivity contribution is 0.175. The first-order valence-corrected chi connectivity index (χ1v) is 6.40. The van der Waals surface area contributed by atoms with E-state index < -0.39 is 0 Å². The maximum Gasteiger partial charge on any atom is 0.155 e. The van der Waals surface area contributed by atoms with Gasteiger partial charge in [0.2, 0.25) is 0 Å². The van der Waals surface area contributed by atoms with Crippen molar-refractivity contribution in [2.45, 2.75) is 19.1 Å². The Morgan fingerprint density at radius 2 is 2.33 bits per heavy atom. The van der Waals surface area contributed by atoms with Crippen LogP contribution in [-0.4, -0.2) is 39.2 Å². The molecule has 1 atom stereocenters. The minimum absolute atomic E-state index is 0.183. The quantitative estimate of drug-likeness (QED) is 0.840. The number of rotatable bonds is 2. The van der Waals surface area contributed by atoms with Gasteiger partial charge >= 0.3 is 0 Å². The molecular weight excluding hydrogens is 250 g/mol. The van der Waals surface area contributed by atoms with Crippen LogP contribution in [0.3, 0.4) is 0 Å². The van der Waals surface area contributed by atoms with Crippen LogP contribution in [0.4, 0.5) is 0 Å². The van der Waals surface area contributed by atoms with Crippen LogP contribution in [0.25, 0.3) is 10.9 Å². The molecule has 1 aliphatic heterocycles. The van der Waals surface area contributed by atoms with Gasteiger partial charge in [-0.3, -0.25) is 9.88 Å². The minimum Gasteiger partial charge on any atom is -0.392 e. The number of pyridine rings is 2. The average molecular weight is 264 g/mol. The molecule has 1 saturated heterocycles. The van der Waals surface area contributed by atoms with E-state index in [0.717, 1.165) is 42.5 Å². The summed E-state index contributed by atoms with van der Waals surface area (Å²) in [6.07, 6.45) is 4.20. The van der Waals surface area contributed by atoms with E-state index >= 15 is 0 Å². The Balaban J connectivity index is 1.85. The van der Waals surface area contributed by atoms with Crippen molar-refractivity contribution in [3.63, 3.8) is 0 Å². The van der Waals surface area contributed by atoms with Gasteiger partial charge in [0.1, 0.15) is 5.52 Å². The molecule has 0 aliphatic carbocycles. The summed E-state index contributed by atoms with van der Waals surface area (Å²) in [6.45, 7) is 2.51. The van der Waals surface area contributed by atoms with Crippen LogP contribution in [-0.2, 0) is 6.54 Å². The van der Waals surface area contributed by atoms with Crippen molar-refractivity contribution in [1.82, 2.24) is 14.9 Å². The number of fused-ring (bicyclic) bond motifs is 1. The van der Waals surface area contributed by atoms with Crippen LogP contribution < -0.4 is 0 Å². The number of aromatic nitrogens is 2. The lowest BCUT2D eigenvalue weighted by atomic mass is 10.2. The Morgan fingerprint density at radius 3 is 3.11 bits per heavy atom. The lowest BCUT2D eigenvalue weighted by Gasteiger charge is -2.14. The summed E-state index contributed by atoms with van der Waals surface area (Å²) >= 11 is 5.98. The second-order valence-corrected chi connectivity index (χ2v) is 5.05. The highest BCUT2D eigenvalue weighted by molar-refractivity contribution is 6.33. The molecule has 0 unspecified atom stereocenters. The standard InChI is InChI=1S/C13H14ClN3O/c14-13-12-10(1-3-15-13)5-9(6-16-12)7-17-4-2-11(18)8-17/h1,3,5-6,11,18H,2,4,7-8H2/t11-/m1/s1. The Morgan fingerprint density at radius 1 is 1.44 bits per heavy atom. The van der Waals surface area contributed by atoms with Crippen molar-refractivity contribution in [2.75, 3.05) is 13.1 Å². The van der Waals surface area contributed by atoms with E-state index in [9.17, 15) is 5.11 Å². The van der Waals surface area contributed by atoms with Gasteiger partial charge < -0.3 is 5.11 Å². The second kappa shape index (κ2) is 4.80. The highest BCUT2D eigenvalue weighted by atomic mass is 35.5. The molecule has 3 heterocycles.